The van der Waals surface area contributed by atoms with E-state index in [2.05, 4.69) is 0 Å². The van der Waals surface area contributed by atoms with Crippen molar-refractivity contribution in [3.05, 3.63) is 82.1 Å². The zero-order chi connectivity index (χ0) is 20.9. The molecule has 0 bridgehead atoms. The molecule has 1 aromatic heterocycles. The second kappa shape index (κ2) is 6.77. The predicted octanol–water partition coefficient (Wildman–Crippen LogP) is 5.75. The molecular weight excluding hydrogens is 408 g/mol. The van der Waals surface area contributed by atoms with Crippen molar-refractivity contribution >= 4 is 39.3 Å². The smallest absolute Gasteiger partial charge is 0.366 e. The lowest BCUT2D eigenvalue weighted by Crippen LogP contribution is -2.11. The third kappa shape index (κ3) is 3.31. The van der Waals surface area contributed by atoms with Crippen LogP contribution in [0.2, 0.25) is 5.02 Å². The Morgan fingerprint density at radius 3 is 2.48 bits per heavy atom. The van der Waals surface area contributed by atoms with Gasteiger partial charge >= 0.3 is 6.18 Å². The van der Waals surface area contributed by atoms with Crippen molar-refractivity contribution in [1.29, 1.82) is 0 Å². The minimum atomic E-state index is -4.80. The van der Waals surface area contributed by atoms with E-state index in [1.807, 2.05) is 0 Å². The lowest BCUT2D eigenvalue weighted by Gasteiger charge is -2.12. The first-order valence-electron chi connectivity index (χ1n) is 8.52. The molecule has 4 aromatic rings. The highest BCUT2D eigenvalue weighted by molar-refractivity contribution is 6.32. The minimum Gasteiger partial charge on any atom is -0.366 e. The molecule has 0 fully saturated rings. The Bertz CT molecular complexity index is 1280. The molecule has 29 heavy (non-hydrogen) atoms. The van der Waals surface area contributed by atoms with Crippen LogP contribution in [0.1, 0.15) is 21.5 Å². The molecule has 0 saturated carbocycles. The van der Waals surface area contributed by atoms with E-state index in [4.69, 9.17) is 17.3 Å². The average Bonchev–Trinajstić information content (AvgIpc) is 2.95. The van der Waals surface area contributed by atoms with Gasteiger partial charge in [0.2, 0.25) is 5.91 Å². The molecule has 1 amide bonds. The molecule has 8 heteroatoms. The van der Waals surface area contributed by atoms with Crippen LogP contribution in [-0.2, 0) is 12.7 Å². The molecule has 0 unspecified atom stereocenters. The van der Waals surface area contributed by atoms with Crippen LogP contribution in [0.3, 0.4) is 0 Å². The van der Waals surface area contributed by atoms with Crippen molar-refractivity contribution < 1.29 is 22.4 Å². The number of hydrogen-bond donors (Lipinski definition) is 1. The van der Waals surface area contributed by atoms with Crippen molar-refractivity contribution in [2.75, 3.05) is 0 Å². The van der Waals surface area contributed by atoms with Gasteiger partial charge in [-0.15, -0.1) is 0 Å². The minimum absolute atomic E-state index is 0.0198. The normalized spacial score (nSPS) is 12.0. The maximum atomic E-state index is 13.6. The highest BCUT2D eigenvalue weighted by Gasteiger charge is 2.34. The van der Waals surface area contributed by atoms with Gasteiger partial charge in [-0.25, -0.2) is 4.39 Å². The summed E-state index contributed by atoms with van der Waals surface area (Å²) in [5.74, 6) is -1.95. The number of halogens is 5. The topological polar surface area (TPSA) is 48.0 Å². The number of nitrogens with two attached hydrogens (primary N) is 1. The lowest BCUT2D eigenvalue weighted by atomic mass is 10.1. The molecule has 2 N–H and O–H groups in total. The van der Waals surface area contributed by atoms with Crippen LogP contribution >= 0.6 is 11.6 Å². The van der Waals surface area contributed by atoms with E-state index in [-0.39, 0.29) is 12.1 Å². The Hall–Kier alpha value is -3.06. The number of amides is 1. The van der Waals surface area contributed by atoms with Gasteiger partial charge in [-0.1, -0.05) is 29.8 Å². The number of hydrogen-bond acceptors (Lipinski definition) is 1. The Morgan fingerprint density at radius 1 is 1.03 bits per heavy atom. The fraction of sp³-hybridized carbons (Fsp3) is 0.0952. The molecule has 0 saturated heterocycles. The molecule has 0 radical (unpaired) electrons. The number of carbonyl (C=O) groups excluding carboxylic acids is 1. The molecule has 0 spiro atoms. The van der Waals surface area contributed by atoms with Gasteiger partial charge in [-0.3, -0.25) is 4.79 Å². The predicted molar refractivity (Wildman–Crippen MR) is 103 cm³/mol. The summed E-state index contributed by atoms with van der Waals surface area (Å²) >= 11 is 6.13. The van der Waals surface area contributed by atoms with Crippen LogP contribution in [0, 0.1) is 5.82 Å². The van der Waals surface area contributed by atoms with Crippen LogP contribution in [0.5, 0.6) is 0 Å². The summed E-state index contributed by atoms with van der Waals surface area (Å²) in [5, 5.41) is 1.71. The van der Waals surface area contributed by atoms with E-state index < -0.39 is 23.5 Å². The molecule has 0 atom stereocenters. The number of alkyl halides is 3. The molecule has 4 rings (SSSR count). The molecule has 0 aliphatic heterocycles. The average molecular weight is 421 g/mol. The number of carbonyl (C=O) groups is 1. The molecular formula is C21H13ClF4N2O. The summed E-state index contributed by atoms with van der Waals surface area (Å²) in [6.07, 6.45) is -4.80. The lowest BCUT2D eigenvalue weighted by molar-refractivity contribution is -0.140. The second-order valence-electron chi connectivity index (χ2n) is 6.62. The number of aromatic nitrogens is 1. The third-order valence-corrected chi connectivity index (χ3v) is 5.03. The van der Waals surface area contributed by atoms with Gasteiger partial charge in [0.05, 0.1) is 16.6 Å². The fourth-order valence-corrected chi connectivity index (χ4v) is 3.73. The van der Waals surface area contributed by atoms with E-state index in [1.165, 1.54) is 6.07 Å². The van der Waals surface area contributed by atoms with Crippen LogP contribution < -0.4 is 5.73 Å². The molecule has 3 aromatic carbocycles. The number of primary amides is 1. The maximum Gasteiger partial charge on any atom is 0.419 e. The van der Waals surface area contributed by atoms with E-state index in [1.54, 1.807) is 41.0 Å². The monoisotopic (exact) mass is 420 g/mol. The standard InChI is InChI=1S/C21H13ClF4N2O/c22-12-5-6-13-18(9-12)28(17-3-1-2-14(19(13)17)20(27)29)10-11-4-7-16(23)15(8-11)21(24,25)26/h1-9H,10H2,(H2,27,29). The highest BCUT2D eigenvalue weighted by atomic mass is 35.5. The molecule has 148 valence electrons. The number of fused-ring (bicyclic) bond motifs is 3. The Kier molecular flexibility index (Phi) is 4.50. The summed E-state index contributed by atoms with van der Waals surface area (Å²) < 4.78 is 54.7. The van der Waals surface area contributed by atoms with E-state index in [9.17, 15) is 22.4 Å². The highest BCUT2D eigenvalue weighted by Crippen LogP contribution is 2.35. The van der Waals surface area contributed by atoms with Gasteiger partial charge < -0.3 is 10.3 Å². The summed E-state index contributed by atoms with van der Waals surface area (Å²) in [5.41, 5.74) is 5.96. The maximum absolute atomic E-state index is 13.6. The van der Waals surface area contributed by atoms with Crippen LogP contribution in [-0.4, -0.2) is 10.5 Å². The van der Waals surface area contributed by atoms with Gasteiger partial charge in [0.1, 0.15) is 5.82 Å². The first-order valence-corrected chi connectivity index (χ1v) is 8.90. The fourth-order valence-electron chi connectivity index (χ4n) is 3.56. The third-order valence-electron chi connectivity index (χ3n) is 4.80. The zero-order valence-corrected chi connectivity index (χ0v) is 15.5. The number of nitrogens with zero attached hydrogens (tertiary/aromatic N) is 1. The van der Waals surface area contributed by atoms with Crippen LogP contribution in [0.25, 0.3) is 21.8 Å². The first-order chi connectivity index (χ1) is 13.7. The number of benzene rings is 3. The first kappa shape index (κ1) is 19.3. The van der Waals surface area contributed by atoms with Gasteiger partial charge in [0.25, 0.3) is 0 Å². The van der Waals surface area contributed by atoms with Crippen LogP contribution in [0.4, 0.5) is 17.6 Å². The Morgan fingerprint density at radius 2 is 1.79 bits per heavy atom. The second-order valence-corrected chi connectivity index (χ2v) is 7.06. The van der Waals surface area contributed by atoms with Crippen molar-refractivity contribution in [2.24, 2.45) is 5.73 Å². The van der Waals surface area contributed by atoms with E-state index >= 15 is 0 Å². The van der Waals surface area contributed by atoms with Crippen molar-refractivity contribution in [1.82, 2.24) is 4.57 Å². The number of rotatable bonds is 3. The zero-order valence-electron chi connectivity index (χ0n) is 14.7. The summed E-state index contributed by atoms with van der Waals surface area (Å²) in [6.45, 7) is 0.0198. The largest absolute Gasteiger partial charge is 0.419 e. The molecule has 0 aliphatic rings. The quantitative estimate of drug-likeness (QED) is 0.421. The van der Waals surface area contributed by atoms with Gasteiger partial charge in [0.15, 0.2) is 0 Å². The van der Waals surface area contributed by atoms with Crippen molar-refractivity contribution in [2.45, 2.75) is 12.7 Å². The van der Waals surface area contributed by atoms with E-state index in [0.29, 0.717) is 32.4 Å². The van der Waals surface area contributed by atoms with Gasteiger partial charge in [0, 0.05) is 27.9 Å². The molecule has 1 heterocycles. The van der Waals surface area contributed by atoms with Gasteiger partial charge in [-0.2, -0.15) is 13.2 Å². The summed E-state index contributed by atoms with van der Waals surface area (Å²) in [7, 11) is 0. The summed E-state index contributed by atoms with van der Waals surface area (Å²) in [6, 6.07) is 12.9. The van der Waals surface area contributed by atoms with E-state index in [0.717, 1.165) is 12.1 Å². The van der Waals surface area contributed by atoms with Crippen LogP contribution in [0.15, 0.2) is 54.6 Å². The summed E-state index contributed by atoms with van der Waals surface area (Å²) in [4.78, 5) is 11.9. The van der Waals surface area contributed by atoms with Crippen molar-refractivity contribution in [3.8, 4) is 0 Å². The molecule has 3 nitrogen and oxygen atoms in total. The SMILES string of the molecule is NC(=O)c1cccc2c1c1ccc(Cl)cc1n2Cc1ccc(F)c(C(F)(F)F)c1. The molecule has 0 aliphatic carbocycles. The Labute approximate surface area is 167 Å². The Balaban J connectivity index is 1.98. The van der Waals surface area contributed by atoms with Gasteiger partial charge in [-0.05, 0) is 42.0 Å². The van der Waals surface area contributed by atoms with Crippen molar-refractivity contribution in [3.63, 3.8) is 0 Å².